The number of hydrogen-bond donors (Lipinski definition) is 1. The van der Waals surface area contributed by atoms with Crippen LogP contribution in [0.15, 0.2) is 17.5 Å². The zero-order valence-electron chi connectivity index (χ0n) is 12.5. The van der Waals surface area contributed by atoms with Crippen molar-refractivity contribution in [2.45, 2.75) is 51.4 Å². The molecule has 1 aliphatic rings. The normalized spacial score (nSPS) is 24.4. The van der Waals surface area contributed by atoms with Crippen molar-refractivity contribution in [1.82, 2.24) is 10.2 Å². The Balaban J connectivity index is 2.24. The van der Waals surface area contributed by atoms with Crippen molar-refractivity contribution in [3.8, 4) is 0 Å². The van der Waals surface area contributed by atoms with Gasteiger partial charge < -0.3 is 9.64 Å². The van der Waals surface area contributed by atoms with Gasteiger partial charge in [-0.25, -0.2) is 0 Å². The largest absolute Gasteiger partial charge is 0.383 e. The zero-order valence-corrected chi connectivity index (χ0v) is 13.3. The number of rotatable bonds is 7. The molecule has 0 saturated carbocycles. The molecular formula is C15H24N2O2S. The molecule has 0 radical (unpaired) electrons. The van der Waals surface area contributed by atoms with Gasteiger partial charge in [0.2, 0.25) is 5.91 Å². The van der Waals surface area contributed by atoms with Crippen LogP contribution in [0.3, 0.4) is 0 Å². The molecule has 20 heavy (non-hydrogen) atoms. The predicted octanol–water partition coefficient (Wildman–Crippen LogP) is 2.77. The van der Waals surface area contributed by atoms with Crippen molar-refractivity contribution in [3.63, 3.8) is 0 Å². The van der Waals surface area contributed by atoms with E-state index in [2.05, 4.69) is 30.6 Å². The van der Waals surface area contributed by atoms with E-state index in [4.69, 9.17) is 4.74 Å². The van der Waals surface area contributed by atoms with Crippen molar-refractivity contribution < 1.29 is 9.53 Å². The number of carbonyl (C=O) groups excluding carboxylic acids is 1. The maximum Gasteiger partial charge on any atom is 0.241 e. The Morgan fingerprint density at radius 2 is 2.30 bits per heavy atom. The quantitative estimate of drug-likeness (QED) is 0.841. The minimum absolute atomic E-state index is 0.000787. The summed E-state index contributed by atoms with van der Waals surface area (Å²) in [6.45, 7) is 4.81. The van der Waals surface area contributed by atoms with Gasteiger partial charge in [-0.15, -0.1) is 11.3 Å². The maximum atomic E-state index is 12.7. The van der Waals surface area contributed by atoms with E-state index in [1.807, 2.05) is 11.0 Å². The predicted molar refractivity (Wildman–Crippen MR) is 81.7 cm³/mol. The molecule has 0 spiro atoms. The van der Waals surface area contributed by atoms with Gasteiger partial charge in [-0.05, 0) is 24.3 Å². The van der Waals surface area contributed by atoms with Gasteiger partial charge in [-0.2, -0.15) is 0 Å². The minimum Gasteiger partial charge on any atom is -0.383 e. The summed E-state index contributed by atoms with van der Waals surface area (Å²) >= 11 is 1.69. The monoisotopic (exact) mass is 296 g/mol. The van der Waals surface area contributed by atoms with E-state index in [-0.39, 0.29) is 24.2 Å². The van der Waals surface area contributed by atoms with Crippen LogP contribution in [0.1, 0.15) is 44.2 Å². The number of amides is 1. The first-order valence-corrected chi connectivity index (χ1v) is 8.21. The second-order valence-corrected chi connectivity index (χ2v) is 6.17. The van der Waals surface area contributed by atoms with Crippen LogP contribution in [0.2, 0.25) is 0 Å². The highest BCUT2D eigenvalue weighted by Gasteiger charge is 2.42. The standard InChI is InChI=1S/C15H24N2O2S/c1-4-7-12-15(18)17(11(5-2)10-19-3)14(16-12)13-8-6-9-20-13/h6,8-9,11-12,14,16H,4-5,7,10H2,1-3H3. The van der Waals surface area contributed by atoms with Gasteiger partial charge in [0.1, 0.15) is 6.17 Å². The van der Waals surface area contributed by atoms with Crippen LogP contribution in [0.4, 0.5) is 0 Å². The lowest BCUT2D eigenvalue weighted by Crippen LogP contribution is -2.42. The SMILES string of the molecule is CCCC1NC(c2cccs2)N(C(CC)COC)C1=O. The van der Waals surface area contributed by atoms with Gasteiger partial charge in [0.05, 0.1) is 18.7 Å². The zero-order chi connectivity index (χ0) is 14.5. The van der Waals surface area contributed by atoms with Gasteiger partial charge in [0.15, 0.2) is 0 Å². The molecule has 0 aromatic carbocycles. The average Bonchev–Trinajstić information content (AvgIpc) is 3.06. The molecule has 3 unspecified atom stereocenters. The third kappa shape index (κ3) is 3.05. The van der Waals surface area contributed by atoms with Gasteiger partial charge >= 0.3 is 0 Å². The molecule has 2 rings (SSSR count). The van der Waals surface area contributed by atoms with E-state index < -0.39 is 0 Å². The van der Waals surface area contributed by atoms with Gasteiger partial charge in [0.25, 0.3) is 0 Å². The summed E-state index contributed by atoms with van der Waals surface area (Å²) in [7, 11) is 1.69. The highest BCUT2D eigenvalue weighted by Crippen LogP contribution is 2.32. The first-order valence-electron chi connectivity index (χ1n) is 7.33. The van der Waals surface area contributed by atoms with E-state index in [0.29, 0.717) is 6.61 Å². The molecule has 2 heterocycles. The van der Waals surface area contributed by atoms with Crippen molar-refractivity contribution in [2.75, 3.05) is 13.7 Å². The molecule has 0 aliphatic carbocycles. The highest BCUT2D eigenvalue weighted by atomic mass is 32.1. The Morgan fingerprint density at radius 1 is 1.50 bits per heavy atom. The molecule has 4 nitrogen and oxygen atoms in total. The molecule has 1 saturated heterocycles. The number of hydrogen-bond acceptors (Lipinski definition) is 4. The number of nitrogens with zero attached hydrogens (tertiary/aromatic N) is 1. The molecule has 5 heteroatoms. The van der Waals surface area contributed by atoms with Gasteiger partial charge in [-0.3, -0.25) is 10.1 Å². The Hall–Kier alpha value is -0.910. The molecule has 1 N–H and O–H groups in total. The van der Waals surface area contributed by atoms with Crippen molar-refractivity contribution in [2.24, 2.45) is 0 Å². The van der Waals surface area contributed by atoms with Crippen LogP contribution in [0.25, 0.3) is 0 Å². The van der Waals surface area contributed by atoms with E-state index in [1.54, 1.807) is 18.4 Å². The lowest BCUT2D eigenvalue weighted by Gasteiger charge is -2.31. The van der Waals surface area contributed by atoms with Gasteiger partial charge in [-0.1, -0.05) is 26.3 Å². The summed E-state index contributed by atoms with van der Waals surface area (Å²) in [4.78, 5) is 15.9. The fourth-order valence-corrected chi connectivity index (χ4v) is 3.57. The number of nitrogens with one attached hydrogen (secondary N) is 1. The number of thiophene rings is 1. The second-order valence-electron chi connectivity index (χ2n) is 5.19. The third-order valence-corrected chi connectivity index (χ3v) is 4.73. The third-order valence-electron chi connectivity index (χ3n) is 3.80. The molecule has 1 aromatic rings. The summed E-state index contributed by atoms with van der Waals surface area (Å²) in [5, 5.41) is 5.56. The molecular weight excluding hydrogens is 272 g/mol. The summed E-state index contributed by atoms with van der Waals surface area (Å²) in [6, 6.07) is 4.21. The van der Waals surface area contributed by atoms with E-state index in [9.17, 15) is 4.79 Å². The second kappa shape index (κ2) is 7.20. The Morgan fingerprint density at radius 3 is 2.85 bits per heavy atom. The molecule has 1 fully saturated rings. The van der Waals surface area contributed by atoms with E-state index >= 15 is 0 Å². The van der Waals surface area contributed by atoms with Crippen LogP contribution in [-0.4, -0.2) is 36.6 Å². The van der Waals surface area contributed by atoms with Gasteiger partial charge in [0, 0.05) is 12.0 Å². The fraction of sp³-hybridized carbons (Fsp3) is 0.667. The van der Waals surface area contributed by atoms with Crippen LogP contribution < -0.4 is 5.32 Å². The molecule has 3 atom stereocenters. The summed E-state index contributed by atoms with van der Waals surface area (Å²) in [6.07, 6.45) is 2.80. The number of ether oxygens (including phenoxy) is 1. The van der Waals surface area contributed by atoms with Crippen molar-refractivity contribution >= 4 is 17.2 Å². The fourth-order valence-electron chi connectivity index (χ4n) is 2.79. The summed E-state index contributed by atoms with van der Waals surface area (Å²) < 4.78 is 5.30. The topological polar surface area (TPSA) is 41.6 Å². The van der Waals surface area contributed by atoms with Crippen LogP contribution in [0, 0.1) is 0 Å². The smallest absolute Gasteiger partial charge is 0.241 e. The Labute approximate surface area is 125 Å². The maximum absolute atomic E-state index is 12.7. The van der Waals surface area contributed by atoms with E-state index in [1.165, 1.54) is 4.88 Å². The van der Waals surface area contributed by atoms with Crippen LogP contribution in [-0.2, 0) is 9.53 Å². The summed E-state index contributed by atoms with van der Waals surface area (Å²) in [5.74, 6) is 0.217. The Kier molecular flexibility index (Phi) is 5.57. The molecule has 1 amide bonds. The molecule has 1 aromatic heterocycles. The number of methoxy groups -OCH3 is 1. The van der Waals surface area contributed by atoms with Crippen LogP contribution in [0.5, 0.6) is 0 Å². The van der Waals surface area contributed by atoms with E-state index in [0.717, 1.165) is 19.3 Å². The molecule has 1 aliphatic heterocycles. The summed E-state index contributed by atoms with van der Waals surface area (Å²) in [5.41, 5.74) is 0. The first-order chi connectivity index (χ1) is 9.72. The average molecular weight is 296 g/mol. The lowest BCUT2D eigenvalue weighted by atomic mass is 10.1. The van der Waals surface area contributed by atoms with Crippen molar-refractivity contribution in [3.05, 3.63) is 22.4 Å². The highest BCUT2D eigenvalue weighted by molar-refractivity contribution is 7.10. The number of carbonyl (C=O) groups is 1. The first kappa shape index (κ1) is 15.5. The lowest BCUT2D eigenvalue weighted by molar-refractivity contribution is -0.133. The Bertz CT molecular complexity index is 422. The van der Waals surface area contributed by atoms with Crippen LogP contribution >= 0.6 is 11.3 Å². The molecule has 112 valence electrons. The molecule has 0 bridgehead atoms. The minimum atomic E-state index is -0.0574. The van der Waals surface area contributed by atoms with Crippen molar-refractivity contribution in [1.29, 1.82) is 0 Å².